The first-order valence-electron chi connectivity index (χ1n) is 6.85. The Bertz CT molecular complexity index is 364. The van der Waals surface area contributed by atoms with Gasteiger partial charge in [0.2, 0.25) is 0 Å². The molecule has 0 saturated heterocycles. The van der Waals surface area contributed by atoms with Crippen LogP contribution in [0.5, 0.6) is 0 Å². The Morgan fingerprint density at radius 2 is 1.78 bits per heavy atom. The van der Waals surface area contributed by atoms with E-state index in [2.05, 4.69) is 38.0 Å². The molecule has 1 heterocycles. The number of nitrogens with two attached hydrogens (primary N) is 1. The van der Waals surface area contributed by atoms with Gasteiger partial charge in [0, 0.05) is 18.8 Å². The molecule has 102 valence electrons. The van der Waals surface area contributed by atoms with Crippen molar-refractivity contribution in [1.82, 2.24) is 4.98 Å². The highest BCUT2D eigenvalue weighted by molar-refractivity contribution is 5.39. The molecule has 0 unspecified atom stereocenters. The third-order valence-electron chi connectivity index (χ3n) is 3.48. The van der Waals surface area contributed by atoms with Gasteiger partial charge in [-0.15, -0.1) is 0 Å². The first-order valence-corrected chi connectivity index (χ1v) is 6.85. The van der Waals surface area contributed by atoms with Gasteiger partial charge in [0.25, 0.3) is 0 Å². The molecule has 0 radical (unpaired) electrons. The second-order valence-electron chi connectivity index (χ2n) is 5.74. The van der Waals surface area contributed by atoms with Crippen LogP contribution in [0.3, 0.4) is 0 Å². The third kappa shape index (κ3) is 4.30. The van der Waals surface area contributed by atoms with Gasteiger partial charge >= 0.3 is 0 Å². The summed E-state index contributed by atoms with van der Waals surface area (Å²) >= 11 is 0. The van der Waals surface area contributed by atoms with Gasteiger partial charge in [-0.2, -0.15) is 0 Å². The molecule has 0 aliphatic heterocycles. The highest BCUT2D eigenvalue weighted by atomic mass is 15.0. The molecule has 0 aromatic carbocycles. The van der Waals surface area contributed by atoms with Crippen LogP contribution in [0.15, 0.2) is 12.1 Å². The molecule has 0 bridgehead atoms. The lowest BCUT2D eigenvalue weighted by Gasteiger charge is -2.25. The van der Waals surface area contributed by atoms with E-state index in [0.717, 1.165) is 23.6 Å². The monoisotopic (exact) mass is 249 g/mol. The van der Waals surface area contributed by atoms with Crippen LogP contribution in [0.25, 0.3) is 0 Å². The summed E-state index contributed by atoms with van der Waals surface area (Å²) < 4.78 is 0. The highest BCUT2D eigenvalue weighted by Gasteiger charge is 2.17. The van der Waals surface area contributed by atoms with Crippen LogP contribution in [0.1, 0.15) is 39.0 Å². The molecule has 3 N–H and O–H groups in total. The second-order valence-corrected chi connectivity index (χ2v) is 5.74. The van der Waals surface area contributed by atoms with Crippen molar-refractivity contribution in [2.75, 3.05) is 11.9 Å². The van der Waals surface area contributed by atoms with Crippen molar-refractivity contribution in [2.24, 2.45) is 23.5 Å². The van der Waals surface area contributed by atoms with Crippen molar-refractivity contribution in [3.05, 3.63) is 23.4 Å². The zero-order chi connectivity index (χ0) is 13.7. The molecule has 1 rings (SSSR count). The fourth-order valence-electron chi connectivity index (χ4n) is 2.41. The highest BCUT2D eigenvalue weighted by Crippen LogP contribution is 2.21. The lowest BCUT2D eigenvalue weighted by Crippen LogP contribution is -2.25. The average molecular weight is 249 g/mol. The minimum atomic E-state index is 0.565. The number of aromatic nitrogens is 1. The predicted octanol–water partition coefficient (Wildman–Crippen LogP) is 3.19. The van der Waals surface area contributed by atoms with E-state index < -0.39 is 0 Å². The van der Waals surface area contributed by atoms with E-state index in [0.29, 0.717) is 24.3 Å². The summed E-state index contributed by atoms with van der Waals surface area (Å²) in [5, 5.41) is 3.46. The lowest BCUT2D eigenvalue weighted by atomic mass is 9.85. The Hall–Kier alpha value is -1.09. The second kappa shape index (κ2) is 6.74. The number of nitrogens with one attached hydrogen (secondary N) is 1. The molecule has 1 aromatic heterocycles. The lowest BCUT2D eigenvalue weighted by molar-refractivity contribution is 0.304. The zero-order valence-corrected chi connectivity index (χ0v) is 12.3. The van der Waals surface area contributed by atoms with E-state index in [1.807, 2.05) is 19.1 Å². The van der Waals surface area contributed by atoms with Crippen LogP contribution in [0, 0.1) is 24.7 Å². The molecule has 0 spiro atoms. The predicted molar refractivity (Wildman–Crippen MR) is 78.5 cm³/mol. The Morgan fingerprint density at radius 1 is 1.17 bits per heavy atom. The number of rotatable bonds is 6. The molecule has 0 saturated carbocycles. The van der Waals surface area contributed by atoms with E-state index in [9.17, 15) is 0 Å². The smallest absolute Gasteiger partial charge is 0.126 e. The number of nitrogens with zero attached hydrogens (tertiary/aromatic N) is 1. The summed E-state index contributed by atoms with van der Waals surface area (Å²) in [5.41, 5.74) is 7.84. The molecule has 0 atom stereocenters. The molecular weight excluding hydrogens is 222 g/mol. The SMILES string of the molecule is Cc1cc(CN)cc(NCC(C(C)C)C(C)C)n1. The maximum absolute atomic E-state index is 5.68. The standard InChI is InChI=1S/C15H27N3/c1-10(2)14(11(3)4)9-17-15-7-13(8-16)6-12(5)18-15/h6-7,10-11,14H,8-9,16H2,1-5H3,(H,17,18). The molecule has 0 amide bonds. The molecule has 1 aromatic rings. The average Bonchev–Trinajstić information content (AvgIpc) is 2.27. The number of aryl methyl sites for hydroxylation is 1. The van der Waals surface area contributed by atoms with Gasteiger partial charge in [-0.05, 0) is 42.4 Å². The van der Waals surface area contributed by atoms with Crippen molar-refractivity contribution >= 4 is 5.82 Å². The van der Waals surface area contributed by atoms with Crippen molar-refractivity contribution in [3.8, 4) is 0 Å². The first kappa shape index (κ1) is 15.0. The first-order chi connectivity index (χ1) is 8.43. The van der Waals surface area contributed by atoms with Gasteiger partial charge in [-0.1, -0.05) is 27.7 Å². The van der Waals surface area contributed by atoms with Crippen LogP contribution in [-0.4, -0.2) is 11.5 Å². The molecule has 18 heavy (non-hydrogen) atoms. The van der Waals surface area contributed by atoms with Gasteiger partial charge in [-0.3, -0.25) is 0 Å². The molecule has 0 fully saturated rings. The van der Waals surface area contributed by atoms with Gasteiger partial charge in [0.1, 0.15) is 5.82 Å². The number of hydrogen-bond donors (Lipinski definition) is 2. The van der Waals surface area contributed by atoms with E-state index in [1.165, 1.54) is 0 Å². The topological polar surface area (TPSA) is 50.9 Å². The maximum atomic E-state index is 5.68. The summed E-state index contributed by atoms with van der Waals surface area (Å²) in [6.07, 6.45) is 0. The van der Waals surface area contributed by atoms with Crippen molar-refractivity contribution in [2.45, 2.75) is 41.2 Å². The molecule has 3 heteroatoms. The Kier molecular flexibility index (Phi) is 5.60. The summed E-state index contributed by atoms with van der Waals surface area (Å²) in [4.78, 5) is 4.51. The quantitative estimate of drug-likeness (QED) is 0.814. The Labute approximate surface area is 111 Å². The van der Waals surface area contributed by atoms with E-state index in [-0.39, 0.29) is 0 Å². The Balaban J connectivity index is 2.70. The number of anilines is 1. The fourth-order valence-corrected chi connectivity index (χ4v) is 2.41. The van der Waals surface area contributed by atoms with Crippen molar-refractivity contribution in [1.29, 1.82) is 0 Å². The minimum absolute atomic E-state index is 0.565. The van der Waals surface area contributed by atoms with Gasteiger partial charge in [0.15, 0.2) is 0 Å². The van der Waals surface area contributed by atoms with Crippen molar-refractivity contribution in [3.63, 3.8) is 0 Å². The van der Waals surface area contributed by atoms with E-state index in [4.69, 9.17) is 5.73 Å². The summed E-state index contributed by atoms with van der Waals surface area (Å²) in [5.74, 6) is 2.96. The van der Waals surface area contributed by atoms with Crippen LogP contribution >= 0.6 is 0 Å². The third-order valence-corrected chi connectivity index (χ3v) is 3.48. The largest absolute Gasteiger partial charge is 0.370 e. The summed E-state index contributed by atoms with van der Waals surface area (Å²) in [7, 11) is 0. The zero-order valence-electron chi connectivity index (χ0n) is 12.3. The summed E-state index contributed by atoms with van der Waals surface area (Å²) in [6, 6.07) is 4.08. The summed E-state index contributed by atoms with van der Waals surface area (Å²) in [6.45, 7) is 12.7. The van der Waals surface area contributed by atoms with Crippen LogP contribution in [0.4, 0.5) is 5.82 Å². The van der Waals surface area contributed by atoms with E-state index >= 15 is 0 Å². The van der Waals surface area contributed by atoms with Gasteiger partial charge in [-0.25, -0.2) is 4.98 Å². The minimum Gasteiger partial charge on any atom is -0.370 e. The number of hydrogen-bond acceptors (Lipinski definition) is 3. The molecule has 0 aliphatic rings. The van der Waals surface area contributed by atoms with Crippen LogP contribution in [-0.2, 0) is 6.54 Å². The van der Waals surface area contributed by atoms with Gasteiger partial charge < -0.3 is 11.1 Å². The van der Waals surface area contributed by atoms with Crippen molar-refractivity contribution < 1.29 is 0 Å². The Morgan fingerprint density at radius 3 is 2.28 bits per heavy atom. The number of pyridine rings is 1. The van der Waals surface area contributed by atoms with E-state index in [1.54, 1.807) is 0 Å². The van der Waals surface area contributed by atoms with Crippen LogP contribution < -0.4 is 11.1 Å². The normalized spacial score (nSPS) is 11.6. The van der Waals surface area contributed by atoms with Crippen LogP contribution in [0.2, 0.25) is 0 Å². The fraction of sp³-hybridized carbons (Fsp3) is 0.667. The molecule has 0 aliphatic carbocycles. The molecular formula is C15H27N3. The van der Waals surface area contributed by atoms with Gasteiger partial charge in [0.05, 0.1) is 0 Å². The maximum Gasteiger partial charge on any atom is 0.126 e. The molecule has 3 nitrogen and oxygen atoms in total.